The van der Waals surface area contributed by atoms with E-state index in [4.69, 9.17) is 0 Å². The molecule has 1 heterocycles. The predicted octanol–water partition coefficient (Wildman–Crippen LogP) is 5.47. The lowest BCUT2D eigenvalue weighted by Crippen LogP contribution is -2.29. The Bertz CT molecular complexity index is 997. The van der Waals surface area contributed by atoms with E-state index in [2.05, 4.69) is 4.98 Å². The maximum Gasteiger partial charge on any atom is 0.226 e. The molecule has 4 nitrogen and oxygen atoms in total. The molecule has 0 spiro atoms. The monoisotopic (exact) mass is 404 g/mol. The number of aromatic nitrogens is 1. The summed E-state index contributed by atoms with van der Waals surface area (Å²) in [4.78, 5) is 29.9. The second-order valence-electron chi connectivity index (χ2n) is 7.03. The zero-order valence-corrected chi connectivity index (χ0v) is 17.3. The average molecular weight is 404 g/mol. The number of amides is 1. The number of Topliss-reactive ketones (excluding diaryl/α,β-unsaturated/α-hetero) is 1. The van der Waals surface area contributed by atoms with Crippen molar-refractivity contribution in [1.82, 2.24) is 4.98 Å². The van der Waals surface area contributed by atoms with Crippen LogP contribution in [0.5, 0.6) is 0 Å². The average Bonchev–Trinajstić information content (AvgIpc) is 2.79. The zero-order valence-electron chi connectivity index (χ0n) is 17.3. The largest absolute Gasteiger partial charge is 0.313 e. The number of carbonyl (C=O) groups excluding carboxylic acids is 2. The smallest absolute Gasteiger partial charge is 0.226 e. The Morgan fingerprint density at radius 1 is 0.900 bits per heavy atom. The standard InChI is InChI=1S/C25H25FN2O2/c1-3-25(30)28(4-2)22-13-11-20(12-14-22)19-7-9-21(10-8-19)23(29)15-5-18-6-16-24(26)27-17-18/h6-14,16-17H,3-5,15H2,1-2H3. The van der Waals surface area contributed by atoms with Crippen LogP contribution in [0.15, 0.2) is 66.9 Å². The van der Waals surface area contributed by atoms with Crippen LogP contribution in [0.3, 0.4) is 0 Å². The first-order chi connectivity index (χ1) is 14.5. The highest BCUT2D eigenvalue weighted by Gasteiger charge is 2.12. The highest BCUT2D eigenvalue weighted by atomic mass is 19.1. The van der Waals surface area contributed by atoms with Crippen molar-refractivity contribution in [2.45, 2.75) is 33.1 Å². The molecule has 0 saturated heterocycles. The number of halogens is 1. The summed E-state index contributed by atoms with van der Waals surface area (Å²) < 4.78 is 12.9. The van der Waals surface area contributed by atoms with Gasteiger partial charge in [-0.2, -0.15) is 4.39 Å². The third-order valence-electron chi connectivity index (χ3n) is 5.07. The summed E-state index contributed by atoms with van der Waals surface area (Å²) in [7, 11) is 0. The van der Waals surface area contributed by atoms with Crippen LogP contribution in [0.25, 0.3) is 11.1 Å². The quantitative estimate of drug-likeness (QED) is 0.370. The van der Waals surface area contributed by atoms with Crippen molar-refractivity contribution in [2.24, 2.45) is 0 Å². The molecule has 0 radical (unpaired) electrons. The summed E-state index contributed by atoms with van der Waals surface area (Å²) in [5.74, 6) is -0.379. The van der Waals surface area contributed by atoms with E-state index in [1.807, 2.05) is 62.4 Å². The minimum absolute atomic E-state index is 0.0397. The summed E-state index contributed by atoms with van der Waals surface area (Å²) in [6.07, 6.45) is 2.81. The van der Waals surface area contributed by atoms with E-state index in [9.17, 15) is 14.0 Å². The second kappa shape index (κ2) is 9.92. The van der Waals surface area contributed by atoms with Crippen LogP contribution in [0.4, 0.5) is 10.1 Å². The van der Waals surface area contributed by atoms with Gasteiger partial charge in [0.15, 0.2) is 5.78 Å². The van der Waals surface area contributed by atoms with Gasteiger partial charge in [0.1, 0.15) is 0 Å². The van der Waals surface area contributed by atoms with Gasteiger partial charge in [0.05, 0.1) is 0 Å². The maximum atomic E-state index is 12.9. The topological polar surface area (TPSA) is 50.3 Å². The highest BCUT2D eigenvalue weighted by molar-refractivity contribution is 5.96. The van der Waals surface area contributed by atoms with Crippen molar-refractivity contribution in [3.05, 3.63) is 83.9 Å². The molecule has 0 aliphatic rings. The first-order valence-corrected chi connectivity index (χ1v) is 10.2. The van der Waals surface area contributed by atoms with Crippen molar-refractivity contribution < 1.29 is 14.0 Å². The number of aryl methyl sites for hydroxylation is 1. The predicted molar refractivity (Wildman–Crippen MR) is 117 cm³/mol. The van der Waals surface area contributed by atoms with E-state index >= 15 is 0 Å². The van der Waals surface area contributed by atoms with E-state index in [-0.39, 0.29) is 11.7 Å². The van der Waals surface area contributed by atoms with E-state index in [1.165, 1.54) is 12.3 Å². The summed E-state index contributed by atoms with van der Waals surface area (Å²) in [6.45, 7) is 4.46. The lowest BCUT2D eigenvalue weighted by molar-refractivity contribution is -0.118. The molecule has 3 aromatic rings. The SMILES string of the molecule is CCC(=O)N(CC)c1ccc(-c2ccc(C(=O)CCc3ccc(F)nc3)cc2)cc1. The molecule has 3 rings (SSSR count). The Balaban J connectivity index is 1.65. The van der Waals surface area contributed by atoms with Crippen LogP contribution in [0, 0.1) is 5.95 Å². The van der Waals surface area contributed by atoms with Crippen molar-refractivity contribution >= 4 is 17.4 Å². The zero-order chi connectivity index (χ0) is 21.5. The number of hydrogen-bond donors (Lipinski definition) is 0. The normalized spacial score (nSPS) is 10.6. The number of hydrogen-bond acceptors (Lipinski definition) is 3. The molecule has 0 unspecified atom stereocenters. The van der Waals surface area contributed by atoms with Crippen molar-refractivity contribution in [1.29, 1.82) is 0 Å². The fourth-order valence-electron chi connectivity index (χ4n) is 3.33. The summed E-state index contributed by atoms with van der Waals surface area (Å²) >= 11 is 0. The molecule has 1 amide bonds. The Morgan fingerprint density at radius 3 is 2.07 bits per heavy atom. The third kappa shape index (κ3) is 5.17. The number of anilines is 1. The van der Waals surface area contributed by atoms with Crippen LogP contribution in [-0.2, 0) is 11.2 Å². The molecule has 0 aliphatic carbocycles. The van der Waals surface area contributed by atoms with Gasteiger partial charge in [0.2, 0.25) is 11.9 Å². The minimum atomic E-state index is -0.520. The maximum absolute atomic E-state index is 12.9. The Morgan fingerprint density at radius 2 is 1.53 bits per heavy atom. The van der Waals surface area contributed by atoms with Gasteiger partial charge in [-0.1, -0.05) is 49.4 Å². The Labute approximate surface area is 176 Å². The molecule has 1 aromatic heterocycles. The third-order valence-corrected chi connectivity index (χ3v) is 5.07. The fourth-order valence-corrected chi connectivity index (χ4v) is 3.33. The van der Waals surface area contributed by atoms with Crippen LogP contribution >= 0.6 is 0 Å². The number of benzene rings is 2. The molecule has 0 N–H and O–H groups in total. The lowest BCUT2D eigenvalue weighted by atomic mass is 9.99. The molecule has 154 valence electrons. The summed E-state index contributed by atoms with van der Waals surface area (Å²) in [5.41, 5.74) is 4.40. The van der Waals surface area contributed by atoms with E-state index < -0.39 is 5.95 Å². The van der Waals surface area contributed by atoms with Gasteiger partial charge in [-0.25, -0.2) is 4.98 Å². The molecular formula is C25H25FN2O2. The van der Waals surface area contributed by atoms with Gasteiger partial charge in [-0.15, -0.1) is 0 Å². The molecule has 5 heteroatoms. The molecule has 0 bridgehead atoms. The van der Waals surface area contributed by atoms with Gasteiger partial charge >= 0.3 is 0 Å². The van der Waals surface area contributed by atoms with Gasteiger partial charge in [-0.3, -0.25) is 9.59 Å². The van der Waals surface area contributed by atoms with E-state index in [1.54, 1.807) is 11.0 Å². The van der Waals surface area contributed by atoms with Gasteiger partial charge in [-0.05, 0) is 48.2 Å². The molecule has 0 fully saturated rings. The molecule has 30 heavy (non-hydrogen) atoms. The number of rotatable bonds is 8. The molecule has 0 saturated carbocycles. The second-order valence-corrected chi connectivity index (χ2v) is 7.03. The van der Waals surface area contributed by atoms with Crippen LogP contribution in [0.1, 0.15) is 42.6 Å². The van der Waals surface area contributed by atoms with Crippen molar-refractivity contribution in [3.63, 3.8) is 0 Å². The Kier molecular flexibility index (Phi) is 7.07. The number of ketones is 1. The Hall–Kier alpha value is -3.34. The van der Waals surface area contributed by atoms with Crippen molar-refractivity contribution in [3.8, 4) is 11.1 Å². The number of pyridine rings is 1. The first kappa shape index (κ1) is 21.4. The minimum Gasteiger partial charge on any atom is -0.313 e. The summed E-state index contributed by atoms with van der Waals surface area (Å²) in [6, 6.07) is 18.3. The van der Waals surface area contributed by atoms with Crippen molar-refractivity contribution in [2.75, 3.05) is 11.4 Å². The molecule has 0 atom stereocenters. The van der Waals surface area contributed by atoms with E-state index in [0.29, 0.717) is 31.4 Å². The van der Waals surface area contributed by atoms with E-state index in [0.717, 1.165) is 22.4 Å². The number of nitrogens with zero attached hydrogens (tertiary/aromatic N) is 2. The fraction of sp³-hybridized carbons (Fsp3) is 0.240. The van der Waals surface area contributed by atoms with Gasteiger partial charge in [0, 0.05) is 36.8 Å². The van der Waals surface area contributed by atoms with Crippen LogP contribution < -0.4 is 4.90 Å². The van der Waals surface area contributed by atoms with Crippen LogP contribution in [0.2, 0.25) is 0 Å². The van der Waals surface area contributed by atoms with Gasteiger partial charge < -0.3 is 4.90 Å². The van der Waals surface area contributed by atoms with Gasteiger partial charge in [0.25, 0.3) is 0 Å². The highest BCUT2D eigenvalue weighted by Crippen LogP contribution is 2.24. The van der Waals surface area contributed by atoms with Crippen LogP contribution in [-0.4, -0.2) is 23.2 Å². The lowest BCUT2D eigenvalue weighted by Gasteiger charge is -2.20. The first-order valence-electron chi connectivity index (χ1n) is 10.2. The molecule has 2 aromatic carbocycles. The number of carbonyl (C=O) groups is 2. The molecule has 0 aliphatic heterocycles. The summed E-state index contributed by atoms with van der Waals surface area (Å²) in [5, 5.41) is 0. The molecular weight excluding hydrogens is 379 g/mol.